The van der Waals surface area contributed by atoms with Gasteiger partial charge in [-0.1, -0.05) is 0 Å². The third-order valence-electron chi connectivity index (χ3n) is 5.63. The third kappa shape index (κ3) is 4.61. The standard InChI is InChI=1S/3C8H9.2C2H4O2.Bi/c3*1-7-4-3-5-8(2)6-7;2*1-2(3)4;/h3*4-6H,1-2H3;2*1H3,(H,3,4);/q;;;;;+2/p-2. The number of rotatable bonds is 5. The summed E-state index contributed by atoms with van der Waals surface area (Å²) in [5, 5.41) is 0. The first-order valence-corrected chi connectivity index (χ1v) is 19.1. The van der Waals surface area contributed by atoms with Crippen LogP contribution in [0, 0.1) is 41.5 Å². The van der Waals surface area contributed by atoms with Gasteiger partial charge in [0.05, 0.1) is 0 Å². The summed E-state index contributed by atoms with van der Waals surface area (Å²) in [4.78, 5) is 25.8. The van der Waals surface area contributed by atoms with Crippen molar-refractivity contribution in [1.82, 2.24) is 0 Å². The first-order valence-electron chi connectivity index (χ1n) is 11.0. The molecule has 0 aliphatic carbocycles. The molecule has 33 heavy (non-hydrogen) atoms. The normalized spacial score (nSPS) is 12.5. The van der Waals surface area contributed by atoms with Crippen LogP contribution in [0.1, 0.15) is 47.2 Å². The van der Waals surface area contributed by atoms with E-state index in [1.165, 1.54) is 13.8 Å². The maximum absolute atomic E-state index is 12.9. The molecule has 0 atom stereocenters. The van der Waals surface area contributed by atoms with Crippen LogP contribution in [0.2, 0.25) is 0 Å². The summed E-state index contributed by atoms with van der Waals surface area (Å²) in [5.74, 6) is -0.942. The molecule has 0 N–H and O–H groups in total. The molecule has 0 amide bonds. The van der Waals surface area contributed by atoms with E-state index in [0.29, 0.717) is 0 Å². The van der Waals surface area contributed by atoms with Crippen molar-refractivity contribution >= 4 is 41.4 Å². The van der Waals surface area contributed by atoms with Gasteiger partial charge < -0.3 is 0 Å². The van der Waals surface area contributed by atoms with Crippen LogP contribution in [-0.2, 0) is 15.2 Å². The summed E-state index contributed by atoms with van der Waals surface area (Å²) in [6.45, 7) is 14.8. The molecular weight excluding hydrogens is 609 g/mol. The van der Waals surface area contributed by atoms with Crippen molar-refractivity contribution in [3.8, 4) is 0 Å². The fourth-order valence-electron chi connectivity index (χ4n) is 4.83. The Kier molecular flexibility index (Phi) is 6.87. The van der Waals surface area contributed by atoms with Gasteiger partial charge in [0.25, 0.3) is 0 Å². The Morgan fingerprint density at radius 2 is 0.697 bits per heavy atom. The summed E-state index contributed by atoms with van der Waals surface area (Å²) < 4.78 is 15.4. The molecule has 0 unspecified atom stereocenters. The molecule has 0 radical (unpaired) electrons. The Bertz CT molecular complexity index is 1050. The van der Waals surface area contributed by atoms with E-state index in [2.05, 4.69) is 18.2 Å². The van der Waals surface area contributed by atoms with Crippen LogP contribution in [0.3, 0.4) is 0 Å². The van der Waals surface area contributed by atoms with Crippen molar-refractivity contribution in [3.63, 3.8) is 0 Å². The monoisotopic (exact) mass is 642 g/mol. The summed E-state index contributed by atoms with van der Waals surface area (Å²) in [5.41, 5.74) is 6.08. The molecule has 5 heteroatoms. The van der Waals surface area contributed by atoms with Gasteiger partial charge in [0.2, 0.25) is 0 Å². The van der Waals surface area contributed by atoms with Gasteiger partial charge in [0.1, 0.15) is 0 Å². The van der Waals surface area contributed by atoms with Crippen LogP contribution >= 0.6 is 0 Å². The van der Waals surface area contributed by atoms with Crippen LogP contribution in [0.4, 0.5) is 0 Å². The van der Waals surface area contributed by atoms with Crippen LogP contribution in [0.25, 0.3) is 0 Å². The molecule has 174 valence electrons. The summed E-state index contributed by atoms with van der Waals surface area (Å²) >= 11 is -5.89. The number of aryl methyl sites for hydroxylation is 6. The van der Waals surface area contributed by atoms with E-state index in [4.69, 9.17) is 5.63 Å². The molecule has 3 aromatic rings. The van der Waals surface area contributed by atoms with Crippen LogP contribution in [0.15, 0.2) is 54.6 Å². The van der Waals surface area contributed by atoms with Crippen LogP contribution in [0.5, 0.6) is 0 Å². The van der Waals surface area contributed by atoms with Gasteiger partial charge in [0.15, 0.2) is 0 Å². The zero-order valence-electron chi connectivity index (χ0n) is 20.8. The first-order chi connectivity index (χ1) is 15.3. The fourth-order valence-corrected chi connectivity index (χ4v) is 24.9. The Morgan fingerprint density at radius 3 is 0.879 bits per heavy atom. The quantitative estimate of drug-likeness (QED) is 0.394. The van der Waals surface area contributed by atoms with Crippen molar-refractivity contribution < 1.29 is 15.2 Å². The second-order valence-electron chi connectivity index (χ2n) is 9.16. The van der Waals surface area contributed by atoms with E-state index in [1.807, 2.05) is 77.9 Å². The maximum atomic E-state index is 12.9. The van der Waals surface area contributed by atoms with Gasteiger partial charge in [-0.25, -0.2) is 0 Å². The van der Waals surface area contributed by atoms with Crippen molar-refractivity contribution in [3.05, 3.63) is 88.0 Å². The van der Waals surface area contributed by atoms with E-state index in [-0.39, 0.29) is 0 Å². The Hall–Kier alpha value is -2.52. The third-order valence-corrected chi connectivity index (χ3v) is 24.3. The number of carbonyl (C=O) groups excluding carboxylic acids is 2. The first kappa shape index (κ1) is 25.1. The molecule has 0 saturated heterocycles. The van der Waals surface area contributed by atoms with Gasteiger partial charge in [-0.2, -0.15) is 0 Å². The van der Waals surface area contributed by atoms with E-state index in [0.717, 1.165) is 43.2 Å². The SMILES string of the molecule is CC(=O)[O][Bi]([O]C(C)=O)([c]1cc(C)cc(C)c1)([c]1cc(C)cc(C)c1)[c]1cc(C)cc(C)c1. The Labute approximate surface area is 199 Å². The molecule has 0 saturated carbocycles. The Morgan fingerprint density at radius 1 is 0.485 bits per heavy atom. The van der Waals surface area contributed by atoms with E-state index in [9.17, 15) is 9.59 Å². The zero-order valence-corrected chi connectivity index (χ0v) is 24.3. The summed E-state index contributed by atoms with van der Waals surface area (Å²) in [6.07, 6.45) is 0. The number of hydrogen-bond donors (Lipinski definition) is 0. The predicted octanol–water partition coefficient (Wildman–Crippen LogP) is 4.08. The van der Waals surface area contributed by atoms with Crippen molar-refractivity contribution in [2.45, 2.75) is 55.4 Å². The molecular formula is C28H33BiO4. The van der Waals surface area contributed by atoms with Crippen molar-refractivity contribution in [2.75, 3.05) is 0 Å². The summed E-state index contributed by atoms with van der Waals surface area (Å²) in [7, 11) is 0. The molecule has 0 fully saturated rings. The zero-order chi connectivity index (χ0) is 24.6. The van der Waals surface area contributed by atoms with Crippen molar-refractivity contribution in [1.29, 1.82) is 0 Å². The van der Waals surface area contributed by atoms with Crippen LogP contribution in [-0.4, -0.2) is 31.6 Å². The van der Waals surface area contributed by atoms with Gasteiger partial charge in [0, 0.05) is 0 Å². The average molecular weight is 643 g/mol. The number of hydrogen-bond acceptors (Lipinski definition) is 4. The van der Waals surface area contributed by atoms with Crippen LogP contribution < -0.4 is 9.81 Å². The topological polar surface area (TPSA) is 52.6 Å². The van der Waals surface area contributed by atoms with E-state index < -0.39 is 31.6 Å². The Balaban J connectivity index is 2.73. The van der Waals surface area contributed by atoms with E-state index in [1.54, 1.807) is 0 Å². The molecule has 0 aliphatic heterocycles. The van der Waals surface area contributed by atoms with Gasteiger partial charge in [-0.3, -0.25) is 0 Å². The van der Waals surface area contributed by atoms with Gasteiger partial charge in [-0.15, -0.1) is 0 Å². The number of carbonyl (C=O) groups is 2. The molecule has 3 rings (SSSR count). The average Bonchev–Trinajstić information content (AvgIpc) is 2.64. The number of benzene rings is 3. The molecule has 0 bridgehead atoms. The summed E-state index contributed by atoms with van der Waals surface area (Å²) in [6, 6.07) is 18.3. The van der Waals surface area contributed by atoms with Crippen molar-refractivity contribution in [2.24, 2.45) is 0 Å². The van der Waals surface area contributed by atoms with Gasteiger partial charge in [-0.05, 0) is 0 Å². The second kappa shape index (κ2) is 9.02. The molecule has 0 heterocycles. The second-order valence-corrected chi connectivity index (χ2v) is 24.0. The minimum absolute atomic E-state index is 0.471. The fraction of sp³-hybridized carbons (Fsp3) is 0.286. The minimum atomic E-state index is -5.89. The predicted molar refractivity (Wildman–Crippen MR) is 136 cm³/mol. The molecule has 0 aliphatic rings. The molecule has 0 spiro atoms. The molecule has 4 nitrogen and oxygen atoms in total. The molecule has 3 aromatic carbocycles. The van der Waals surface area contributed by atoms with Gasteiger partial charge >= 0.3 is 200 Å². The molecule has 0 aromatic heterocycles. The van der Waals surface area contributed by atoms with E-state index >= 15 is 0 Å².